The molecule has 3 heteroatoms. The van der Waals surface area contributed by atoms with E-state index < -0.39 is 0 Å². The molecule has 0 aliphatic rings. The highest BCUT2D eigenvalue weighted by Gasteiger charge is 2.08. The van der Waals surface area contributed by atoms with Gasteiger partial charge in [-0.25, -0.2) is 0 Å². The zero-order valence-electron chi connectivity index (χ0n) is 12.2. The molecule has 106 valence electrons. The number of para-hydroxylation sites is 1. The minimum atomic E-state index is 0.585. The Balaban J connectivity index is 2.18. The van der Waals surface area contributed by atoms with Crippen LogP contribution < -0.4 is 10.1 Å². The summed E-state index contributed by atoms with van der Waals surface area (Å²) < 4.78 is 7.02. The van der Waals surface area contributed by atoms with E-state index in [1.807, 2.05) is 19.2 Å². The molecule has 0 saturated heterocycles. The summed E-state index contributed by atoms with van der Waals surface area (Å²) in [5.41, 5.74) is 4.90. The van der Waals surface area contributed by atoms with Crippen molar-refractivity contribution in [1.82, 2.24) is 5.32 Å². The molecule has 2 aromatic rings. The summed E-state index contributed by atoms with van der Waals surface area (Å²) in [5, 5.41) is 3.17. The Morgan fingerprint density at radius 1 is 1.10 bits per heavy atom. The average Bonchev–Trinajstić information content (AvgIpc) is 2.37. The summed E-state index contributed by atoms with van der Waals surface area (Å²) in [6.07, 6.45) is 0. The van der Waals surface area contributed by atoms with Gasteiger partial charge in [-0.2, -0.15) is 0 Å². The molecule has 0 aromatic heterocycles. The number of aryl methyl sites for hydroxylation is 2. The van der Waals surface area contributed by atoms with Gasteiger partial charge in [-0.05, 0) is 48.5 Å². The van der Waals surface area contributed by atoms with Crippen LogP contribution in [0.5, 0.6) is 5.75 Å². The molecule has 1 N–H and O–H groups in total. The second kappa shape index (κ2) is 6.91. The molecule has 0 radical (unpaired) electrons. The minimum absolute atomic E-state index is 0.585. The molecule has 20 heavy (non-hydrogen) atoms. The van der Waals surface area contributed by atoms with E-state index in [1.165, 1.54) is 16.7 Å². The van der Waals surface area contributed by atoms with E-state index in [2.05, 4.69) is 59.4 Å². The Morgan fingerprint density at radius 2 is 1.80 bits per heavy atom. The highest BCUT2D eigenvalue weighted by Crippen LogP contribution is 2.30. The van der Waals surface area contributed by atoms with E-state index in [4.69, 9.17) is 4.74 Å². The maximum absolute atomic E-state index is 6.03. The third kappa shape index (κ3) is 3.84. The quantitative estimate of drug-likeness (QED) is 0.877. The second-order valence-electron chi connectivity index (χ2n) is 5.04. The lowest BCUT2D eigenvalue weighted by Crippen LogP contribution is -2.08. The highest BCUT2D eigenvalue weighted by atomic mass is 79.9. The average molecular weight is 334 g/mol. The van der Waals surface area contributed by atoms with Crippen LogP contribution in [-0.2, 0) is 13.2 Å². The van der Waals surface area contributed by atoms with Crippen molar-refractivity contribution >= 4 is 15.9 Å². The molecule has 0 amide bonds. The number of hydrogen-bond acceptors (Lipinski definition) is 2. The normalized spacial score (nSPS) is 10.6. The number of hydrogen-bond donors (Lipinski definition) is 1. The first-order valence-electron chi connectivity index (χ1n) is 6.72. The van der Waals surface area contributed by atoms with Gasteiger partial charge < -0.3 is 10.1 Å². The van der Waals surface area contributed by atoms with Gasteiger partial charge in [0.1, 0.15) is 12.4 Å². The van der Waals surface area contributed by atoms with E-state index in [-0.39, 0.29) is 0 Å². The molecule has 0 aliphatic heterocycles. The molecule has 2 rings (SSSR count). The van der Waals surface area contributed by atoms with Crippen LogP contribution in [0.25, 0.3) is 0 Å². The molecule has 2 nitrogen and oxygen atoms in total. The van der Waals surface area contributed by atoms with Crippen LogP contribution in [-0.4, -0.2) is 7.05 Å². The van der Waals surface area contributed by atoms with E-state index >= 15 is 0 Å². The van der Waals surface area contributed by atoms with Gasteiger partial charge in [0.05, 0.1) is 4.47 Å². The van der Waals surface area contributed by atoms with Crippen molar-refractivity contribution in [3.05, 3.63) is 63.1 Å². The van der Waals surface area contributed by atoms with Crippen molar-refractivity contribution in [2.45, 2.75) is 27.0 Å². The SMILES string of the molecule is CNCc1cccc(Br)c1OCc1cc(C)cc(C)c1. The first-order valence-corrected chi connectivity index (χ1v) is 7.51. The molecule has 0 unspecified atom stereocenters. The van der Waals surface area contributed by atoms with Crippen molar-refractivity contribution in [2.75, 3.05) is 7.05 Å². The lowest BCUT2D eigenvalue weighted by molar-refractivity contribution is 0.300. The lowest BCUT2D eigenvalue weighted by Gasteiger charge is -2.14. The predicted octanol–water partition coefficient (Wildman–Crippen LogP) is 4.36. The van der Waals surface area contributed by atoms with Crippen LogP contribution in [0, 0.1) is 13.8 Å². The molecule has 0 aliphatic carbocycles. The van der Waals surface area contributed by atoms with Gasteiger partial charge in [-0.1, -0.05) is 41.5 Å². The van der Waals surface area contributed by atoms with Crippen LogP contribution in [0.3, 0.4) is 0 Å². The molecule has 0 fully saturated rings. The molecular formula is C17H20BrNO. The van der Waals surface area contributed by atoms with E-state index in [0.29, 0.717) is 6.61 Å². The third-order valence-corrected chi connectivity index (χ3v) is 3.70. The third-order valence-electron chi connectivity index (χ3n) is 3.08. The molecule has 0 atom stereocenters. The highest BCUT2D eigenvalue weighted by molar-refractivity contribution is 9.10. The van der Waals surface area contributed by atoms with E-state index in [1.54, 1.807) is 0 Å². The van der Waals surface area contributed by atoms with Crippen molar-refractivity contribution < 1.29 is 4.74 Å². The van der Waals surface area contributed by atoms with E-state index in [9.17, 15) is 0 Å². The van der Waals surface area contributed by atoms with Gasteiger partial charge in [-0.3, -0.25) is 0 Å². The van der Waals surface area contributed by atoms with Crippen LogP contribution in [0.2, 0.25) is 0 Å². The summed E-state index contributed by atoms with van der Waals surface area (Å²) in [4.78, 5) is 0. The summed E-state index contributed by atoms with van der Waals surface area (Å²) >= 11 is 3.57. The fourth-order valence-electron chi connectivity index (χ4n) is 2.35. The fourth-order valence-corrected chi connectivity index (χ4v) is 2.87. The number of nitrogens with one attached hydrogen (secondary N) is 1. The predicted molar refractivity (Wildman–Crippen MR) is 87.2 cm³/mol. The van der Waals surface area contributed by atoms with Crippen molar-refractivity contribution in [2.24, 2.45) is 0 Å². The summed E-state index contributed by atoms with van der Waals surface area (Å²) in [6, 6.07) is 12.6. The van der Waals surface area contributed by atoms with Gasteiger partial charge in [0.15, 0.2) is 0 Å². The van der Waals surface area contributed by atoms with Crippen LogP contribution in [0.4, 0.5) is 0 Å². The zero-order valence-corrected chi connectivity index (χ0v) is 13.8. The maximum Gasteiger partial charge on any atom is 0.138 e. The molecule has 0 bridgehead atoms. The van der Waals surface area contributed by atoms with Crippen molar-refractivity contribution in [3.8, 4) is 5.75 Å². The Hall–Kier alpha value is -1.32. The van der Waals surface area contributed by atoms with Crippen molar-refractivity contribution in [1.29, 1.82) is 0 Å². The Morgan fingerprint density at radius 3 is 2.45 bits per heavy atom. The molecular weight excluding hydrogens is 314 g/mol. The summed E-state index contributed by atoms with van der Waals surface area (Å²) in [5.74, 6) is 0.918. The van der Waals surface area contributed by atoms with Gasteiger partial charge in [0, 0.05) is 12.1 Å². The first-order chi connectivity index (χ1) is 9.60. The fraction of sp³-hybridized carbons (Fsp3) is 0.294. The Labute approximate surface area is 129 Å². The largest absolute Gasteiger partial charge is 0.487 e. The van der Waals surface area contributed by atoms with Gasteiger partial charge >= 0.3 is 0 Å². The van der Waals surface area contributed by atoms with Crippen LogP contribution in [0.15, 0.2) is 40.9 Å². The topological polar surface area (TPSA) is 21.3 Å². The minimum Gasteiger partial charge on any atom is -0.487 e. The number of halogens is 1. The monoisotopic (exact) mass is 333 g/mol. The number of ether oxygens (including phenoxy) is 1. The Kier molecular flexibility index (Phi) is 5.21. The molecule has 2 aromatic carbocycles. The van der Waals surface area contributed by atoms with Crippen molar-refractivity contribution in [3.63, 3.8) is 0 Å². The van der Waals surface area contributed by atoms with Crippen LogP contribution in [0.1, 0.15) is 22.3 Å². The van der Waals surface area contributed by atoms with Gasteiger partial charge in [-0.15, -0.1) is 0 Å². The molecule has 0 spiro atoms. The molecule has 0 heterocycles. The standard InChI is InChI=1S/C17H20BrNO/c1-12-7-13(2)9-14(8-12)11-20-17-15(10-19-3)5-4-6-16(17)18/h4-9,19H,10-11H2,1-3H3. The summed E-state index contributed by atoms with van der Waals surface area (Å²) in [6.45, 7) is 5.60. The van der Waals surface area contributed by atoms with Crippen LogP contribution >= 0.6 is 15.9 Å². The first kappa shape index (κ1) is 15.1. The maximum atomic E-state index is 6.03. The van der Waals surface area contributed by atoms with Gasteiger partial charge in [0.25, 0.3) is 0 Å². The zero-order chi connectivity index (χ0) is 14.5. The summed E-state index contributed by atoms with van der Waals surface area (Å²) in [7, 11) is 1.94. The second-order valence-corrected chi connectivity index (χ2v) is 5.90. The van der Waals surface area contributed by atoms with Gasteiger partial charge in [0.2, 0.25) is 0 Å². The van der Waals surface area contributed by atoms with E-state index in [0.717, 1.165) is 22.3 Å². The number of rotatable bonds is 5. The smallest absolute Gasteiger partial charge is 0.138 e. The molecule has 0 saturated carbocycles. The lowest BCUT2D eigenvalue weighted by atomic mass is 10.1. The number of benzene rings is 2. The Bertz CT molecular complexity index is 575.